The first-order chi connectivity index (χ1) is 7.63. The number of fused-ring (bicyclic) bond motifs is 1. The van der Waals surface area contributed by atoms with Crippen molar-refractivity contribution < 1.29 is 9.53 Å². The van der Waals surface area contributed by atoms with Gasteiger partial charge in [-0.3, -0.25) is 0 Å². The molecule has 1 aromatic carbocycles. The fraction of sp³-hybridized carbons (Fsp3) is 0.0909. The third-order valence-electron chi connectivity index (χ3n) is 2.27. The molecular formula is C11H9ClN2O2. The number of pyridine rings is 1. The van der Waals surface area contributed by atoms with E-state index in [1.807, 2.05) is 0 Å². The van der Waals surface area contributed by atoms with Crippen molar-refractivity contribution in [2.45, 2.75) is 0 Å². The quantitative estimate of drug-likeness (QED) is 0.772. The molecule has 0 saturated carbocycles. The Morgan fingerprint density at radius 1 is 1.44 bits per heavy atom. The average Bonchev–Trinajstić information content (AvgIpc) is 2.29. The number of methoxy groups -OCH3 is 1. The number of halogens is 1. The standard InChI is InChI=1S/C11H9ClN2O2/c1-16-11(15)6-2-3-9(12)7-4-10(13)14-5-8(6)7/h2-5H,1H3,(H2,13,14). The number of nitrogens with zero attached hydrogens (tertiary/aromatic N) is 1. The minimum absolute atomic E-state index is 0.358. The lowest BCUT2D eigenvalue weighted by molar-refractivity contribution is 0.0603. The monoisotopic (exact) mass is 236 g/mol. The predicted molar refractivity (Wildman–Crippen MR) is 62.5 cm³/mol. The number of ether oxygens (including phenoxy) is 1. The van der Waals surface area contributed by atoms with E-state index in [1.54, 1.807) is 18.2 Å². The van der Waals surface area contributed by atoms with Gasteiger partial charge in [-0.2, -0.15) is 0 Å². The average molecular weight is 237 g/mol. The van der Waals surface area contributed by atoms with E-state index in [4.69, 9.17) is 17.3 Å². The number of hydrogen-bond acceptors (Lipinski definition) is 4. The molecule has 0 amide bonds. The summed E-state index contributed by atoms with van der Waals surface area (Å²) in [6.45, 7) is 0. The highest BCUT2D eigenvalue weighted by atomic mass is 35.5. The molecule has 0 saturated heterocycles. The Labute approximate surface area is 97.0 Å². The van der Waals surface area contributed by atoms with Gasteiger partial charge in [-0.05, 0) is 18.2 Å². The first-order valence-corrected chi connectivity index (χ1v) is 4.93. The molecule has 1 heterocycles. The van der Waals surface area contributed by atoms with Crippen molar-refractivity contribution in [3.63, 3.8) is 0 Å². The van der Waals surface area contributed by atoms with Crippen molar-refractivity contribution in [3.05, 3.63) is 35.0 Å². The van der Waals surface area contributed by atoms with E-state index in [-0.39, 0.29) is 0 Å². The first-order valence-electron chi connectivity index (χ1n) is 4.55. The van der Waals surface area contributed by atoms with E-state index in [2.05, 4.69) is 9.72 Å². The van der Waals surface area contributed by atoms with Gasteiger partial charge in [0.2, 0.25) is 0 Å². The van der Waals surface area contributed by atoms with Crippen LogP contribution in [0.3, 0.4) is 0 Å². The van der Waals surface area contributed by atoms with E-state index < -0.39 is 5.97 Å². The number of nitrogens with two attached hydrogens (primary N) is 1. The second-order valence-corrected chi connectivity index (χ2v) is 3.65. The molecule has 0 spiro atoms. The van der Waals surface area contributed by atoms with Crippen LogP contribution in [0.5, 0.6) is 0 Å². The summed E-state index contributed by atoms with van der Waals surface area (Å²) in [4.78, 5) is 15.4. The molecule has 0 aliphatic heterocycles. The second kappa shape index (κ2) is 3.98. The van der Waals surface area contributed by atoms with Gasteiger partial charge in [-0.1, -0.05) is 11.6 Å². The van der Waals surface area contributed by atoms with Crippen LogP contribution in [-0.4, -0.2) is 18.1 Å². The molecule has 0 radical (unpaired) electrons. The van der Waals surface area contributed by atoms with Gasteiger partial charge in [-0.15, -0.1) is 0 Å². The topological polar surface area (TPSA) is 65.2 Å². The van der Waals surface area contributed by atoms with Crippen LogP contribution in [0.15, 0.2) is 24.4 Å². The van der Waals surface area contributed by atoms with Crippen molar-refractivity contribution in [1.82, 2.24) is 4.98 Å². The molecule has 0 atom stereocenters. The van der Waals surface area contributed by atoms with Crippen molar-refractivity contribution in [3.8, 4) is 0 Å². The Bertz CT molecular complexity index is 569. The van der Waals surface area contributed by atoms with Crippen LogP contribution in [0.1, 0.15) is 10.4 Å². The Balaban J connectivity index is 2.79. The Morgan fingerprint density at radius 2 is 2.19 bits per heavy atom. The highest BCUT2D eigenvalue weighted by molar-refractivity contribution is 6.36. The number of hydrogen-bond donors (Lipinski definition) is 1. The molecule has 0 bridgehead atoms. The molecule has 0 aliphatic carbocycles. The molecule has 16 heavy (non-hydrogen) atoms. The zero-order chi connectivity index (χ0) is 11.7. The molecular weight excluding hydrogens is 228 g/mol. The number of anilines is 1. The van der Waals surface area contributed by atoms with Crippen LogP contribution in [0, 0.1) is 0 Å². The Morgan fingerprint density at radius 3 is 2.88 bits per heavy atom. The summed E-state index contributed by atoms with van der Waals surface area (Å²) in [6.07, 6.45) is 1.52. The summed E-state index contributed by atoms with van der Waals surface area (Å²) in [5, 5.41) is 1.85. The maximum Gasteiger partial charge on any atom is 0.338 e. The molecule has 2 aromatic rings. The van der Waals surface area contributed by atoms with Crippen molar-refractivity contribution in [2.24, 2.45) is 0 Å². The molecule has 0 aliphatic rings. The zero-order valence-corrected chi connectivity index (χ0v) is 9.28. The van der Waals surface area contributed by atoms with E-state index in [1.165, 1.54) is 13.3 Å². The number of benzene rings is 1. The molecule has 2 rings (SSSR count). The minimum atomic E-state index is -0.423. The molecule has 82 valence electrons. The lowest BCUT2D eigenvalue weighted by atomic mass is 10.1. The van der Waals surface area contributed by atoms with Crippen molar-refractivity contribution in [1.29, 1.82) is 0 Å². The second-order valence-electron chi connectivity index (χ2n) is 3.24. The van der Waals surface area contributed by atoms with Crippen molar-refractivity contribution in [2.75, 3.05) is 12.8 Å². The van der Waals surface area contributed by atoms with Crippen molar-refractivity contribution >= 4 is 34.2 Å². The van der Waals surface area contributed by atoms with Crippen LogP contribution < -0.4 is 5.73 Å². The predicted octanol–water partition coefficient (Wildman–Crippen LogP) is 2.26. The number of nitrogen functional groups attached to an aromatic ring is 1. The number of rotatable bonds is 1. The fourth-order valence-corrected chi connectivity index (χ4v) is 1.73. The maximum atomic E-state index is 11.5. The summed E-state index contributed by atoms with van der Waals surface area (Å²) in [6, 6.07) is 4.87. The number of aromatic nitrogens is 1. The third kappa shape index (κ3) is 1.67. The maximum absolute atomic E-state index is 11.5. The third-order valence-corrected chi connectivity index (χ3v) is 2.60. The fourth-order valence-electron chi connectivity index (χ4n) is 1.51. The highest BCUT2D eigenvalue weighted by Crippen LogP contribution is 2.27. The van der Waals surface area contributed by atoms with Gasteiger partial charge in [0.15, 0.2) is 0 Å². The van der Waals surface area contributed by atoms with Gasteiger partial charge in [0, 0.05) is 22.0 Å². The van der Waals surface area contributed by atoms with E-state index >= 15 is 0 Å². The van der Waals surface area contributed by atoms with E-state index in [0.717, 1.165) is 0 Å². The van der Waals surface area contributed by atoms with Crippen LogP contribution in [0.2, 0.25) is 5.02 Å². The molecule has 5 heteroatoms. The SMILES string of the molecule is COC(=O)c1ccc(Cl)c2cc(N)ncc12. The van der Waals surface area contributed by atoms with E-state index in [9.17, 15) is 4.79 Å². The van der Waals surface area contributed by atoms with E-state index in [0.29, 0.717) is 27.2 Å². The smallest absolute Gasteiger partial charge is 0.338 e. The summed E-state index contributed by atoms with van der Waals surface area (Å²) in [5.41, 5.74) is 5.99. The Hall–Kier alpha value is -1.81. The van der Waals surface area contributed by atoms with Crippen LogP contribution in [-0.2, 0) is 4.74 Å². The lowest BCUT2D eigenvalue weighted by Crippen LogP contribution is -2.02. The summed E-state index contributed by atoms with van der Waals surface area (Å²) < 4.78 is 4.67. The molecule has 2 N–H and O–H groups in total. The number of carbonyl (C=O) groups excluding carboxylic acids is 1. The van der Waals surface area contributed by atoms with Gasteiger partial charge in [0.1, 0.15) is 5.82 Å². The van der Waals surface area contributed by atoms with Gasteiger partial charge in [0.25, 0.3) is 0 Å². The highest BCUT2D eigenvalue weighted by Gasteiger charge is 2.12. The largest absolute Gasteiger partial charge is 0.465 e. The summed E-state index contributed by atoms with van der Waals surface area (Å²) >= 11 is 6.01. The normalized spacial score (nSPS) is 10.4. The molecule has 1 aromatic heterocycles. The molecule has 0 unspecified atom stereocenters. The Kier molecular flexibility index (Phi) is 2.66. The summed E-state index contributed by atoms with van der Waals surface area (Å²) in [7, 11) is 1.33. The minimum Gasteiger partial charge on any atom is -0.465 e. The van der Waals surface area contributed by atoms with Gasteiger partial charge >= 0.3 is 5.97 Å². The van der Waals surface area contributed by atoms with Crippen LogP contribution in [0.25, 0.3) is 10.8 Å². The first kappa shape index (κ1) is 10.7. The number of esters is 1. The molecule has 0 fully saturated rings. The van der Waals surface area contributed by atoms with Gasteiger partial charge in [0.05, 0.1) is 12.7 Å². The zero-order valence-electron chi connectivity index (χ0n) is 8.53. The lowest BCUT2D eigenvalue weighted by Gasteiger charge is -2.06. The van der Waals surface area contributed by atoms with Gasteiger partial charge < -0.3 is 10.5 Å². The number of carbonyl (C=O) groups is 1. The van der Waals surface area contributed by atoms with Crippen LogP contribution in [0.4, 0.5) is 5.82 Å². The van der Waals surface area contributed by atoms with Crippen LogP contribution >= 0.6 is 11.6 Å². The summed E-state index contributed by atoms with van der Waals surface area (Å²) in [5.74, 6) is -0.0651. The molecule has 4 nitrogen and oxygen atoms in total. The van der Waals surface area contributed by atoms with Gasteiger partial charge in [-0.25, -0.2) is 9.78 Å².